The molecule has 1 aliphatic carbocycles. The summed E-state index contributed by atoms with van der Waals surface area (Å²) in [6.45, 7) is 0.576. The van der Waals surface area contributed by atoms with Crippen LogP contribution >= 0.6 is 23.4 Å². The topological polar surface area (TPSA) is 77.6 Å². The van der Waals surface area contributed by atoms with Gasteiger partial charge in [-0.3, -0.25) is 9.36 Å². The second-order valence-electron chi connectivity index (χ2n) is 8.29. The average molecular weight is 493 g/mol. The number of nitrogens with zero attached hydrogens (tertiary/aromatic N) is 5. The molecule has 0 unspecified atom stereocenters. The molecule has 174 valence electrons. The van der Waals surface area contributed by atoms with Gasteiger partial charge >= 0.3 is 0 Å². The number of benzene rings is 2. The molecule has 0 atom stereocenters. The van der Waals surface area contributed by atoms with Crippen LogP contribution in [0.25, 0.3) is 11.4 Å². The van der Waals surface area contributed by atoms with Gasteiger partial charge in [-0.25, -0.2) is 4.68 Å². The Bertz CT molecular complexity index is 1270. The summed E-state index contributed by atoms with van der Waals surface area (Å²) < 4.78 is 3.96. The first kappa shape index (κ1) is 22.7. The van der Waals surface area contributed by atoms with Crippen molar-refractivity contribution < 1.29 is 4.79 Å². The molecule has 7 nitrogen and oxygen atoms in total. The van der Waals surface area contributed by atoms with Crippen LogP contribution in [-0.4, -0.2) is 36.2 Å². The van der Waals surface area contributed by atoms with Crippen molar-refractivity contribution in [2.45, 2.75) is 43.4 Å². The molecule has 0 spiro atoms. The first-order chi connectivity index (χ1) is 16.7. The number of thioether (sulfide) groups is 1. The highest BCUT2D eigenvalue weighted by molar-refractivity contribution is 7.99. The number of aromatic nitrogens is 5. The van der Waals surface area contributed by atoms with Gasteiger partial charge in [-0.2, -0.15) is 5.10 Å². The maximum atomic E-state index is 12.8. The lowest BCUT2D eigenvalue weighted by atomic mass is 10.2. The summed E-state index contributed by atoms with van der Waals surface area (Å²) in [5.41, 5.74) is 1.92. The Labute approximate surface area is 207 Å². The number of anilines is 1. The van der Waals surface area contributed by atoms with Crippen LogP contribution < -0.4 is 5.32 Å². The lowest BCUT2D eigenvalue weighted by Crippen LogP contribution is -2.19. The number of carbonyl (C=O) groups excluding carboxylic acids is 1. The van der Waals surface area contributed by atoms with Gasteiger partial charge in [-0.1, -0.05) is 78.7 Å². The van der Waals surface area contributed by atoms with Crippen molar-refractivity contribution in [1.29, 1.82) is 0 Å². The SMILES string of the molecule is O=C(CSc1nnc(-c2ccccc2Cl)n1Cc1ccccc1)Nc1ccnn1C1CCCC1. The van der Waals surface area contributed by atoms with E-state index in [-0.39, 0.29) is 11.7 Å². The Morgan fingerprint density at radius 3 is 2.59 bits per heavy atom. The molecule has 0 saturated heterocycles. The quantitative estimate of drug-likeness (QED) is 0.320. The standard InChI is InChI=1S/C25H25ClN6OS/c26-21-13-7-6-12-20(21)24-29-30-25(31(24)16-18-8-2-1-3-9-18)34-17-23(33)28-22-14-15-27-32(22)19-10-4-5-11-19/h1-3,6-9,12-15,19H,4-5,10-11,16-17H2,(H,28,33). The molecular weight excluding hydrogens is 468 g/mol. The lowest BCUT2D eigenvalue weighted by molar-refractivity contribution is -0.113. The number of nitrogens with one attached hydrogen (secondary N) is 1. The maximum Gasteiger partial charge on any atom is 0.235 e. The Morgan fingerprint density at radius 2 is 1.79 bits per heavy atom. The third-order valence-electron chi connectivity index (χ3n) is 5.96. The number of hydrogen-bond acceptors (Lipinski definition) is 5. The third-order valence-corrected chi connectivity index (χ3v) is 7.25. The van der Waals surface area contributed by atoms with Crippen molar-refractivity contribution in [3.05, 3.63) is 77.4 Å². The molecule has 2 aromatic carbocycles. The minimum atomic E-state index is -0.0988. The van der Waals surface area contributed by atoms with Crippen molar-refractivity contribution in [2.75, 3.05) is 11.1 Å². The summed E-state index contributed by atoms with van der Waals surface area (Å²) in [6.07, 6.45) is 6.37. The van der Waals surface area contributed by atoms with Crippen LogP contribution in [0.2, 0.25) is 5.02 Å². The molecule has 1 fully saturated rings. The molecule has 0 aliphatic heterocycles. The molecule has 34 heavy (non-hydrogen) atoms. The van der Waals surface area contributed by atoms with Crippen molar-refractivity contribution in [3.63, 3.8) is 0 Å². The molecule has 1 saturated carbocycles. The van der Waals surface area contributed by atoms with E-state index in [9.17, 15) is 4.79 Å². The summed E-state index contributed by atoms with van der Waals surface area (Å²) in [7, 11) is 0. The van der Waals surface area contributed by atoms with E-state index in [0.717, 1.165) is 29.8 Å². The van der Waals surface area contributed by atoms with E-state index in [1.165, 1.54) is 24.6 Å². The Kier molecular flexibility index (Phi) is 6.97. The lowest BCUT2D eigenvalue weighted by Gasteiger charge is -2.14. The van der Waals surface area contributed by atoms with E-state index in [2.05, 4.69) is 32.7 Å². The van der Waals surface area contributed by atoms with Gasteiger partial charge in [0.15, 0.2) is 11.0 Å². The summed E-state index contributed by atoms with van der Waals surface area (Å²) in [5, 5.41) is 17.5. The molecule has 5 rings (SSSR count). The van der Waals surface area contributed by atoms with Crippen molar-refractivity contribution in [2.24, 2.45) is 0 Å². The second kappa shape index (κ2) is 10.4. The molecule has 1 amide bonds. The van der Waals surface area contributed by atoms with Crippen LogP contribution in [0.1, 0.15) is 37.3 Å². The first-order valence-corrected chi connectivity index (χ1v) is 12.7. The number of amides is 1. The van der Waals surface area contributed by atoms with E-state index in [1.807, 2.05) is 57.8 Å². The first-order valence-electron chi connectivity index (χ1n) is 11.4. The predicted octanol–water partition coefficient (Wildman–Crippen LogP) is 5.69. The number of hydrogen-bond donors (Lipinski definition) is 1. The highest BCUT2D eigenvalue weighted by Gasteiger charge is 2.21. The molecule has 0 radical (unpaired) electrons. The average Bonchev–Trinajstić information content (AvgIpc) is 3.60. The Balaban J connectivity index is 1.34. The fourth-order valence-corrected chi connectivity index (χ4v) is 5.27. The fourth-order valence-electron chi connectivity index (χ4n) is 4.31. The van der Waals surface area contributed by atoms with Crippen LogP contribution in [0.3, 0.4) is 0 Å². The van der Waals surface area contributed by atoms with Crippen LogP contribution in [-0.2, 0) is 11.3 Å². The maximum absolute atomic E-state index is 12.8. The molecular formula is C25H25ClN6OS. The van der Waals surface area contributed by atoms with Crippen LogP contribution in [0, 0.1) is 0 Å². The van der Waals surface area contributed by atoms with Crippen LogP contribution in [0.5, 0.6) is 0 Å². The van der Waals surface area contributed by atoms with Gasteiger partial charge in [0.2, 0.25) is 5.91 Å². The van der Waals surface area contributed by atoms with Gasteiger partial charge in [0.1, 0.15) is 5.82 Å². The normalized spacial score (nSPS) is 13.9. The molecule has 1 N–H and O–H groups in total. The van der Waals surface area contributed by atoms with E-state index in [0.29, 0.717) is 28.6 Å². The largest absolute Gasteiger partial charge is 0.310 e. The van der Waals surface area contributed by atoms with Gasteiger partial charge in [-0.05, 0) is 30.5 Å². The van der Waals surface area contributed by atoms with Crippen molar-refractivity contribution in [1.82, 2.24) is 24.5 Å². The van der Waals surface area contributed by atoms with Gasteiger partial charge in [0.05, 0.1) is 29.6 Å². The number of halogens is 1. The zero-order chi connectivity index (χ0) is 23.3. The zero-order valence-electron chi connectivity index (χ0n) is 18.6. The summed E-state index contributed by atoms with van der Waals surface area (Å²) >= 11 is 7.82. The van der Waals surface area contributed by atoms with Gasteiger partial charge in [-0.15, -0.1) is 10.2 Å². The Morgan fingerprint density at radius 1 is 1.03 bits per heavy atom. The molecule has 4 aromatic rings. The Hall–Kier alpha value is -3.10. The number of carbonyl (C=O) groups is 1. The predicted molar refractivity (Wildman–Crippen MR) is 135 cm³/mol. The minimum Gasteiger partial charge on any atom is -0.310 e. The smallest absolute Gasteiger partial charge is 0.235 e. The molecule has 9 heteroatoms. The zero-order valence-corrected chi connectivity index (χ0v) is 20.2. The minimum absolute atomic E-state index is 0.0988. The van der Waals surface area contributed by atoms with Crippen LogP contribution in [0.15, 0.2) is 72.0 Å². The van der Waals surface area contributed by atoms with Gasteiger partial charge in [0.25, 0.3) is 0 Å². The molecule has 1 aliphatic rings. The highest BCUT2D eigenvalue weighted by Crippen LogP contribution is 2.32. The van der Waals surface area contributed by atoms with Gasteiger partial charge in [0, 0.05) is 11.6 Å². The van der Waals surface area contributed by atoms with Crippen LogP contribution in [0.4, 0.5) is 5.82 Å². The van der Waals surface area contributed by atoms with Gasteiger partial charge < -0.3 is 5.32 Å². The molecule has 2 aromatic heterocycles. The van der Waals surface area contributed by atoms with E-state index in [1.54, 1.807) is 6.20 Å². The molecule has 2 heterocycles. The van der Waals surface area contributed by atoms with E-state index in [4.69, 9.17) is 11.6 Å². The monoisotopic (exact) mass is 492 g/mol. The third kappa shape index (κ3) is 5.03. The van der Waals surface area contributed by atoms with Crippen molar-refractivity contribution in [3.8, 4) is 11.4 Å². The van der Waals surface area contributed by atoms with E-state index >= 15 is 0 Å². The van der Waals surface area contributed by atoms with Crippen molar-refractivity contribution >= 4 is 35.1 Å². The molecule has 0 bridgehead atoms. The summed E-state index contributed by atoms with van der Waals surface area (Å²) in [4.78, 5) is 12.8. The van der Waals surface area contributed by atoms with E-state index < -0.39 is 0 Å². The summed E-state index contributed by atoms with van der Waals surface area (Å²) in [5.74, 6) is 1.54. The fraction of sp³-hybridized carbons (Fsp3) is 0.280. The summed E-state index contributed by atoms with van der Waals surface area (Å²) in [6, 6.07) is 19.9. The number of rotatable bonds is 8. The second-order valence-corrected chi connectivity index (χ2v) is 9.64. The highest BCUT2D eigenvalue weighted by atomic mass is 35.5.